The van der Waals surface area contributed by atoms with E-state index >= 15 is 0 Å². The summed E-state index contributed by atoms with van der Waals surface area (Å²) in [5.41, 5.74) is 2.61. The highest BCUT2D eigenvalue weighted by Gasteiger charge is 2.04. The van der Waals surface area contributed by atoms with Crippen molar-refractivity contribution in [3.63, 3.8) is 0 Å². The first-order chi connectivity index (χ1) is 7.24. The summed E-state index contributed by atoms with van der Waals surface area (Å²) in [6, 6.07) is 3.53. The van der Waals surface area contributed by atoms with E-state index in [-0.39, 0.29) is 5.56 Å². The molecule has 0 saturated heterocycles. The third-order valence-electron chi connectivity index (χ3n) is 2.44. The molecule has 4 nitrogen and oxygen atoms in total. The number of fused-ring (bicyclic) bond motifs is 1. The van der Waals surface area contributed by atoms with Gasteiger partial charge in [-0.25, -0.2) is 9.50 Å². The van der Waals surface area contributed by atoms with E-state index in [0.717, 1.165) is 36.3 Å². The molecule has 15 heavy (non-hydrogen) atoms. The predicted octanol–water partition coefficient (Wildman–Crippen LogP) is 1.54. The third kappa shape index (κ3) is 1.79. The molecule has 2 rings (SSSR count). The molecule has 0 aliphatic heterocycles. The maximum absolute atomic E-state index is 11.7. The summed E-state index contributed by atoms with van der Waals surface area (Å²) in [7, 11) is 0. The fourth-order valence-corrected chi connectivity index (χ4v) is 1.66. The lowest BCUT2D eigenvalue weighted by atomic mass is 10.2. The fraction of sp³-hybridized carbons (Fsp3) is 0.455. The average Bonchev–Trinajstić information content (AvgIpc) is 2.62. The summed E-state index contributed by atoms with van der Waals surface area (Å²) >= 11 is 0. The lowest BCUT2D eigenvalue weighted by Gasteiger charge is -1.97. The van der Waals surface area contributed by atoms with Crippen molar-refractivity contribution in [3.05, 3.63) is 33.9 Å². The second kappa shape index (κ2) is 3.88. The largest absolute Gasteiger partial charge is 0.294 e. The van der Waals surface area contributed by atoms with E-state index in [9.17, 15) is 4.79 Å². The molecular formula is C11H15N3O. The molecule has 0 unspecified atom stereocenters. The third-order valence-corrected chi connectivity index (χ3v) is 2.44. The molecule has 0 atom stereocenters. The van der Waals surface area contributed by atoms with Crippen molar-refractivity contribution in [2.75, 3.05) is 0 Å². The molecule has 0 bridgehead atoms. The zero-order chi connectivity index (χ0) is 10.8. The summed E-state index contributed by atoms with van der Waals surface area (Å²) < 4.78 is 1.50. The van der Waals surface area contributed by atoms with Crippen LogP contribution in [0.2, 0.25) is 0 Å². The normalized spacial score (nSPS) is 11.1. The van der Waals surface area contributed by atoms with E-state index in [1.54, 1.807) is 6.07 Å². The van der Waals surface area contributed by atoms with Crippen molar-refractivity contribution in [2.45, 2.75) is 33.1 Å². The van der Waals surface area contributed by atoms with Gasteiger partial charge in [-0.2, -0.15) is 0 Å². The van der Waals surface area contributed by atoms with E-state index in [1.807, 2.05) is 13.0 Å². The van der Waals surface area contributed by atoms with Crippen molar-refractivity contribution in [1.82, 2.24) is 14.6 Å². The van der Waals surface area contributed by atoms with E-state index in [2.05, 4.69) is 17.0 Å². The van der Waals surface area contributed by atoms with Gasteiger partial charge in [0, 0.05) is 23.5 Å². The summed E-state index contributed by atoms with van der Waals surface area (Å²) in [5, 5.41) is 3.02. The van der Waals surface area contributed by atoms with Gasteiger partial charge in [-0.1, -0.05) is 20.3 Å². The first-order valence-corrected chi connectivity index (χ1v) is 5.35. The molecule has 0 saturated carbocycles. The van der Waals surface area contributed by atoms with Crippen LogP contribution in [0.1, 0.15) is 31.7 Å². The molecule has 2 aromatic heterocycles. The molecule has 1 N–H and O–H groups in total. The smallest absolute Gasteiger partial charge is 0.272 e. The van der Waals surface area contributed by atoms with Gasteiger partial charge in [0.25, 0.3) is 5.56 Å². The van der Waals surface area contributed by atoms with Crippen LogP contribution < -0.4 is 5.56 Å². The number of hydrogen-bond donors (Lipinski definition) is 1. The van der Waals surface area contributed by atoms with Gasteiger partial charge in [0.05, 0.1) is 0 Å². The molecule has 0 aliphatic carbocycles. The lowest BCUT2D eigenvalue weighted by molar-refractivity contribution is 0.824. The van der Waals surface area contributed by atoms with Gasteiger partial charge in [-0.3, -0.25) is 9.89 Å². The highest BCUT2D eigenvalue weighted by Crippen LogP contribution is 2.04. The Balaban J connectivity index is 2.60. The van der Waals surface area contributed by atoms with E-state index in [0.29, 0.717) is 0 Å². The number of aromatic nitrogens is 3. The Kier molecular flexibility index (Phi) is 2.58. The van der Waals surface area contributed by atoms with Gasteiger partial charge in [-0.15, -0.1) is 0 Å². The minimum atomic E-state index is -0.0249. The van der Waals surface area contributed by atoms with E-state index in [1.165, 1.54) is 4.52 Å². The number of hydrogen-bond acceptors (Lipinski definition) is 2. The highest BCUT2D eigenvalue weighted by molar-refractivity contribution is 5.39. The average molecular weight is 205 g/mol. The van der Waals surface area contributed by atoms with Crippen LogP contribution in [0, 0.1) is 0 Å². The van der Waals surface area contributed by atoms with Gasteiger partial charge >= 0.3 is 0 Å². The molecule has 0 aromatic carbocycles. The van der Waals surface area contributed by atoms with Crippen molar-refractivity contribution >= 4 is 5.65 Å². The molecule has 2 heterocycles. The molecule has 0 radical (unpaired) electrons. The second-order valence-electron chi connectivity index (χ2n) is 3.66. The zero-order valence-electron chi connectivity index (χ0n) is 9.08. The summed E-state index contributed by atoms with van der Waals surface area (Å²) in [6.45, 7) is 4.13. The maximum atomic E-state index is 11.7. The minimum Gasteiger partial charge on any atom is -0.294 e. The van der Waals surface area contributed by atoms with Crippen LogP contribution in [0.5, 0.6) is 0 Å². The van der Waals surface area contributed by atoms with Gasteiger partial charge < -0.3 is 0 Å². The Morgan fingerprint density at radius 1 is 1.40 bits per heavy atom. The SMILES string of the molecule is CCCc1cc(=O)n2[nH]c(CC)cc2n1. The number of rotatable bonds is 3. The number of nitrogens with zero attached hydrogens (tertiary/aromatic N) is 2. The molecule has 0 fully saturated rings. The molecule has 0 amide bonds. The van der Waals surface area contributed by atoms with Gasteiger partial charge in [-0.05, 0) is 12.8 Å². The molecule has 0 spiro atoms. The van der Waals surface area contributed by atoms with Crippen molar-refractivity contribution in [3.8, 4) is 0 Å². The molecular weight excluding hydrogens is 190 g/mol. The Bertz CT molecular complexity index is 524. The molecule has 80 valence electrons. The van der Waals surface area contributed by atoms with Crippen LogP contribution in [0.3, 0.4) is 0 Å². The topological polar surface area (TPSA) is 50.2 Å². The highest BCUT2D eigenvalue weighted by atomic mass is 16.1. The lowest BCUT2D eigenvalue weighted by Crippen LogP contribution is -2.15. The Morgan fingerprint density at radius 2 is 2.20 bits per heavy atom. The van der Waals surface area contributed by atoms with Crippen LogP contribution in [0.4, 0.5) is 0 Å². The number of aromatic amines is 1. The van der Waals surface area contributed by atoms with E-state index in [4.69, 9.17) is 0 Å². The Morgan fingerprint density at radius 3 is 2.87 bits per heavy atom. The van der Waals surface area contributed by atoms with Crippen LogP contribution in [-0.4, -0.2) is 14.6 Å². The van der Waals surface area contributed by atoms with Gasteiger partial charge in [0.15, 0.2) is 5.65 Å². The fourth-order valence-electron chi connectivity index (χ4n) is 1.66. The molecule has 4 heteroatoms. The van der Waals surface area contributed by atoms with Gasteiger partial charge in [0.1, 0.15) is 0 Å². The first kappa shape index (κ1) is 9.96. The van der Waals surface area contributed by atoms with Crippen molar-refractivity contribution in [1.29, 1.82) is 0 Å². The number of nitrogens with one attached hydrogen (secondary N) is 1. The zero-order valence-corrected chi connectivity index (χ0v) is 9.08. The maximum Gasteiger partial charge on any atom is 0.272 e. The summed E-state index contributed by atoms with van der Waals surface area (Å²) in [4.78, 5) is 16.1. The quantitative estimate of drug-likeness (QED) is 0.826. The monoisotopic (exact) mass is 205 g/mol. The summed E-state index contributed by atoms with van der Waals surface area (Å²) in [5.74, 6) is 0. The Labute approximate surface area is 87.9 Å². The van der Waals surface area contributed by atoms with Crippen LogP contribution in [0.15, 0.2) is 16.9 Å². The van der Waals surface area contributed by atoms with Gasteiger partial charge in [0.2, 0.25) is 0 Å². The standard InChI is InChI=1S/C11H15N3O/c1-3-5-9-7-11(15)14-10(12-9)6-8(4-2)13-14/h6-7,13H,3-5H2,1-2H3. The minimum absolute atomic E-state index is 0.0249. The molecule has 2 aromatic rings. The first-order valence-electron chi connectivity index (χ1n) is 5.35. The predicted molar refractivity (Wildman–Crippen MR) is 59.2 cm³/mol. The van der Waals surface area contributed by atoms with Crippen molar-refractivity contribution < 1.29 is 0 Å². The summed E-state index contributed by atoms with van der Waals surface area (Å²) in [6.07, 6.45) is 2.75. The van der Waals surface area contributed by atoms with Crippen LogP contribution in [0.25, 0.3) is 5.65 Å². The number of H-pyrrole nitrogens is 1. The van der Waals surface area contributed by atoms with Crippen LogP contribution in [-0.2, 0) is 12.8 Å². The molecule has 0 aliphatic rings. The van der Waals surface area contributed by atoms with E-state index < -0.39 is 0 Å². The number of aryl methyl sites for hydroxylation is 2. The second-order valence-corrected chi connectivity index (χ2v) is 3.66. The Hall–Kier alpha value is -1.58. The van der Waals surface area contributed by atoms with Crippen LogP contribution >= 0.6 is 0 Å². The van der Waals surface area contributed by atoms with Crippen molar-refractivity contribution in [2.24, 2.45) is 0 Å².